The monoisotopic (exact) mass is 546 g/mol. The lowest BCUT2D eigenvalue weighted by Crippen LogP contribution is -2.31. The number of carbonyl (C=O) groups is 2. The van der Waals surface area contributed by atoms with Gasteiger partial charge >= 0.3 is 0 Å². The predicted molar refractivity (Wildman–Crippen MR) is 152 cm³/mol. The number of hydrogen-bond acceptors (Lipinski definition) is 8. The first kappa shape index (κ1) is 35.1. The lowest BCUT2D eigenvalue weighted by Gasteiger charge is -2.20. The molecule has 2 rings (SSSR count). The summed E-state index contributed by atoms with van der Waals surface area (Å²) in [6.45, 7) is 18.0. The number of rotatable bonds is 10. The van der Waals surface area contributed by atoms with Crippen molar-refractivity contribution in [2.24, 2.45) is 22.3 Å². The van der Waals surface area contributed by atoms with Crippen molar-refractivity contribution >= 4 is 23.2 Å². The van der Waals surface area contributed by atoms with E-state index in [1.54, 1.807) is 0 Å². The number of hydrogen-bond donors (Lipinski definition) is 4. The Hall–Kier alpha value is -3.90. The Morgan fingerprint density at radius 1 is 0.667 bits per heavy atom. The number of carbonyl (C=O) groups excluding carboxylic acids is 2. The zero-order chi connectivity index (χ0) is 30.2. The van der Waals surface area contributed by atoms with E-state index in [-0.39, 0.29) is 22.5 Å². The highest BCUT2D eigenvalue weighted by Crippen LogP contribution is 2.12. The molecule has 0 spiro atoms. The molecular formula is C27H42N6O6. The molecule has 0 radical (unpaired) electrons. The average molecular weight is 547 g/mol. The van der Waals surface area contributed by atoms with Gasteiger partial charge in [-0.2, -0.15) is 0 Å². The highest BCUT2D eigenvalue weighted by Gasteiger charge is 2.10. The fourth-order valence-electron chi connectivity index (χ4n) is 2.76. The number of nitro groups is 2. The smallest absolute Gasteiger partial charge is 0.269 e. The van der Waals surface area contributed by atoms with Crippen LogP contribution in [0.25, 0.3) is 0 Å². The van der Waals surface area contributed by atoms with Gasteiger partial charge in [0.05, 0.1) is 9.85 Å². The van der Waals surface area contributed by atoms with Crippen molar-refractivity contribution in [2.45, 2.75) is 48.0 Å². The van der Waals surface area contributed by atoms with E-state index in [9.17, 15) is 29.8 Å². The van der Waals surface area contributed by atoms with Crippen LogP contribution in [0.1, 0.15) is 68.7 Å². The lowest BCUT2D eigenvalue weighted by molar-refractivity contribution is -0.385. The fraction of sp³-hybridized carbons (Fsp3) is 0.481. The van der Waals surface area contributed by atoms with Crippen LogP contribution in [0.5, 0.6) is 0 Å². The second kappa shape index (κ2) is 16.8. The number of nitrogens with zero attached hydrogens (tertiary/aromatic N) is 2. The summed E-state index contributed by atoms with van der Waals surface area (Å²) in [5.74, 6) is -1.19. The maximum absolute atomic E-state index is 10.5. The van der Waals surface area contributed by atoms with Crippen molar-refractivity contribution < 1.29 is 19.4 Å². The van der Waals surface area contributed by atoms with Crippen molar-refractivity contribution in [2.75, 3.05) is 26.2 Å². The van der Waals surface area contributed by atoms with Crippen LogP contribution >= 0.6 is 0 Å². The van der Waals surface area contributed by atoms with Gasteiger partial charge in [0.25, 0.3) is 11.4 Å². The number of nitrogens with two attached hydrogens (primary N) is 2. The summed E-state index contributed by atoms with van der Waals surface area (Å²) in [5.41, 5.74) is 11.1. The number of amides is 2. The molecule has 12 nitrogen and oxygen atoms in total. The third-order valence-corrected chi connectivity index (χ3v) is 4.74. The minimum absolute atomic E-state index is 0.0556. The third kappa shape index (κ3) is 18.1. The molecule has 2 amide bonds. The second-order valence-corrected chi connectivity index (χ2v) is 11.2. The fourth-order valence-corrected chi connectivity index (χ4v) is 2.76. The first-order chi connectivity index (χ1) is 17.9. The van der Waals surface area contributed by atoms with Crippen molar-refractivity contribution in [3.05, 3.63) is 79.9 Å². The molecule has 0 atom stereocenters. The minimum Gasteiger partial charge on any atom is -0.366 e. The first-order valence-corrected chi connectivity index (χ1v) is 12.4. The van der Waals surface area contributed by atoms with Gasteiger partial charge in [0, 0.05) is 35.4 Å². The molecular weight excluding hydrogens is 504 g/mol. The van der Waals surface area contributed by atoms with Crippen molar-refractivity contribution in [3.8, 4) is 0 Å². The van der Waals surface area contributed by atoms with Gasteiger partial charge in [0.2, 0.25) is 11.8 Å². The molecule has 0 saturated carbocycles. The molecule has 0 saturated heterocycles. The van der Waals surface area contributed by atoms with Gasteiger partial charge in [-0.1, -0.05) is 41.5 Å². The standard InChI is InChI=1S/C13H30N2.2C7H6N2O3/c1-12(2,3)10-14-8-7-9-15-11-13(4,5)6;2*8-7(10)5-1-3-6(4-2-5)9(11)12/h14-15H,7-11H2,1-6H3;2*1-4H,(H2,8,10). The van der Waals surface area contributed by atoms with Crippen LogP contribution in [0.15, 0.2) is 48.5 Å². The molecule has 0 bridgehead atoms. The molecule has 12 heteroatoms. The third-order valence-electron chi connectivity index (χ3n) is 4.74. The Bertz CT molecular complexity index is 907. The summed E-state index contributed by atoms with van der Waals surface area (Å²) in [6.07, 6.45) is 1.21. The molecule has 39 heavy (non-hydrogen) atoms. The number of nitro benzene ring substituents is 2. The predicted octanol–water partition coefficient (Wildman–Crippen LogP) is 4.04. The van der Waals surface area contributed by atoms with Gasteiger partial charge in [0.15, 0.2) is 0 Å². The Balaban J connectivity index is 0.000000559. The lowest BCUT2D eigenvalue weighted by atomic mass is 9.97. The molecule has 0 aliphatic rings. The highest BCUT2D eigenvalue weighted by molar-refractivity contribution is 5.93. The maximum atomic E-state index is 10.5. The van der Waals surface area contributed by atoms with Crippen LogP contribution in [0.3, 0.4) is 0 Å². The van der Waals surface area contributed by atoms with Crippen LogP contribution in [0.2, 0.25) is 0 Å². The maximum Gasteiger partial charge on any atom is 0.269 e. The van der Waals surface area contributed by atoms with Crippen molar-refractivity contribution in [3.63, 3.8) is 0 Å². The van der Waals surface area contributed by atoms with Crippen molar-refractivity contribution in [1.82, 2.24) is 10.6 Å². The molecule has 0 fully saturated rings. The van der Waals surface area contributed by atoms with E-state index in [1.165, 1.54) is 55.0 Å². The molecule has 2 aromatic rings. The van der Waals surface area contributed by atoms with Crippen molar-refractivity contribution in [1.29, 1.82) is 0 Å². The van der Waals surface area contributed by atoms with Gasteiger partial charge in [-0.05, 0) is 67.7 Å². The van der Waals surface area contributed by atoms with Gasteiger partial charge in [-0.25, -0.2) is 0 Å². The molecule has 0 aromatic heterocycles. The summed E-state index contributed by atoms with van der Waals surface area (Å²) in [6, 6.07) is 10.2. The summed E-state index contributed by atoms with van der Waals surface area (Å²) in [5, 5.41) is 27.3. The van der Waals surface area contributed by atoms with E-state index in [4.69, 9.17) is 11.5 Å². The zero-order valence-electron chi connectivity index (χ0n) is 23.7. The normalized spacial score (nSPS) is 10.8. The summed E-state index contributed by atoms with van der Waals surface area (Å²) in [7, 11) is 0. The highest BCUT2D eigenvalue weighted by atomic mass is 16.6. The number of benzene rings is 2. The Morgan fingerprint density at radius 2 is 0.949 bits per heavy atom. The Labute approximate surface area is 229 Å². The van der Waals surface area contributed by atoms with Crippen LogP contribution in [0.4, 0.5) is 11.4 Å². The first-order valence-electron chi connectivity index (χ1n) is 12.4. The zero-order valence-corrected chi connectivity index (χ0v) is 23.7. The Kier molecular flexibility index (Phi) is 15.2. The van der Waals surface area contributed by atoms with Crippen LogP contribution < -0.4 is 22.1 Å². The second-order valence-electron chi connectivity index (χ2n) is 11.2. The summed E-state index contributed by atoms with van der Waals surface area (Å²) < 4.78 is 0. The van der Waals surface area contributed by atoms with Gasteiger partial charge in [-0.15, -0.1) is 0 Å². The van der Waals surface area contributed by atoms with E-state index < -0.39 is 21.7 Å². The molecule has 6 N–H and O–H groups in total. The minimum atomic E-state index is -0.593. The molecule has 0 heterocycles. The van der Waals surface area contributed by atoms with Crippen LogP contribution in [-0.4, -0.2) is 47.8 Å². The quantitative estimate of drug-likeness (QED) is 0.194. The summed E-state index contributed by atoms with van der Waals surface area (Å²) in [4.78, 5) is 40.3. The largest absolute Gasteiger partial charge is 0.366 e. The number of primary amides is 2. The number of nitrogens with one attached hydrogen (secondary N) is 2. The van der Waals surface area contributed by atoms with Gasteiger partial charge < -0.3 is 22.1 Å². The Morgan fingerprint density at radius 3 is 1.15 bits per heavy atom. The van der Waals surface area contributed by atoms with Crippen LogP contribution in [-0.2, 0) is 0 Å². The molecule has 216 valence electrons. The molecule has 0 aliphatic carbocycles. The topological polar surface area (TPSA) is 197 Å². The van der Waals surface area contributed by atoms with E-state index in [0.717, 1.165) is 26.2 Å². The SMILES string of the molecule is CC(C)(C)CNCCCNCC(C)(C)C.NC(=O)c1ccc([N+](=O)[O-])cc1.NC(=O)c1ccc([N+](=O)[O-])cc1. The van der Waals surface area contributed by atoms with E-state index in [1.807, 2.05) is 0 Å². The van der Waals surface area contributed by atoms with Gasteiger partial charge in [-0.3, -0.25) is 29.8 Å². The summed E-state index contributed by atoms with van der Waals surface area (Å²) >= 11 is 0. The number of non-ortho nitro benzene ring substituents is 2. The molecule has 0 aliphatic heterocycles. The van der Waals surface area contributed by atoms with Gasteiger partial charge in [0.1, 0.15) is 0 Å². The van der Waals surface area contributed by atoms with E-state index >= 15 is 0 Å². The van der Waals surface area contributed by atoms with Crippen LogP contribution in [0, 0.1) is 31.1 Å². The average Bonchev–Trinajstić information content (AvgIpc) is 2.83. The van der Waals surface area contributed by atoms with E-state index in [2.05, 4.69) is 52.2 Å². The molecule has 0 unspecified atom stereocenters. The molecule has 2 aromatic carbocycles. The van der Waals surface area contributed by atoms with E-state index in [0.29, 0.717) is 10.8 Å².